The van der Waals surface area contributed by atoms with E-state index in [4.69, 9.17) is 4.42 Å². The summed E-state index contributed by atoms with van der Waals surface area (Å²) in [5.41, 5.74) is -0.817. The van der Waals surface area contributed by atoms with Crippen LogP contribution in [-0.4, -0.2) is 19.0 Å². The normalized spacial score (nSPS) is 11.5. The van der Waals surface area contributed by atoms with E-state index in [0.29, 0.717) is 11.0 Å². The Morgan fingerprint density at radius 3 is 2.41 bits per heavy atom. The first-order valence-electron chi connectivity index (χ1n) is 8.12. The van der Waals surface area contributed by atoms with Gasteiger partial charge >= 0.3 is 18.8 Å². The van der Waals surface area contributed by atoms with Crippen molar-refractivity contribution in [2.24, 2.45) is 0 Å². The van der Waals surface area contributed by atoms with E-state index in [2.05, 4.69) is 9.47 Å². The van der Waals surface area contributed by atoms with Crippen molar-refractivity contribution in [3.8, 4) is 11.5 Å². The molecule has 0 saturated heterocycles. The number of halogens is 4. The summed E-state index contributed by atoms with van der Waals surface area (Å²) >= 11 is 0. The van der Waals surface area contributed by atoms with E-state index in [-0.39, 0.29) is 11.1 Å². The summed E-state index contributed by atoms with van der Waals surface area (Å²) in [6.45, 7) is -6.38. The van der Waals surface area contributed by atoms with Gasteiger partial charge in [-0.05, 0) is 36.4 Å². The third kappa shape index (κ3) is 5.01. The Morgan fingerprint density at radius 1 is 0.966 bits per heavy atom. The number of allylic oxidation sites excluding steroid dienone is 1. The Kier molecular flexibility index (Phi) is 5.96. The summed E-state index contributed by atoms with van der Waals surface area (Å²) in [6, 6.07) is 11.0. The van der Waals surface area contributed by atoms with E-state index in [1.165, 1.54) is 6.07 Å². The SMILES string of the molecule is O=C(/C=C/c1ccc(OC(F)F)cc1OC(F)F)c1cc2ccccc2oc1=O. The number of carbonyl (C=O) groups is 1. The van der Waals surface area contributed by atoms with Crippen molar-refractivity contribution in [3.63, 3.8) is 0 Å². The minimum Gasteiger partial charge on any atom is -0.435 e. The van der Waals surface area contributed by atoms with E-state index in [9.17, 15) is 27.2 Å². The van der Waals surface area contributed by atoms with Gasteiger partial charge in [0.15, 0.2) is 5.78 Å². The molecule has 0 bridgehead atoms. The smallest absolute Gasteiger partial charge is 0.387 e. The zero-order chi connectivity index (χ0) is 21.0. The van der Waals surface area contributed by atoms with E-state index >= 15 is 0 Å². The van der Waals surface area contributed by atoms with Gasteiger partial charge < -0.3 is 13.9 Å². The molecule has 0 aliphatic heterocycles. The van der Waals surface area contributed by atoms with Crippen molar-refractivity contribution in [1.29, 1.82) is 0 Å². The summed E-state index contributed by atoms with van der Waals surface area (Å²) in [7, 11) is 0. The first kappa shape index (κ1) is 20.1. The molecule has 9 heteroatoms. The van der Waals surface area contributed by atoms with Gasteiger partial charge in [-0.1, -0.05) is 18.2 Å². The lowest BCUT2D eigenvalue weighted by Crippen LogP contribution is -2.12. The third-order valence-electron chi connectivity index (χ3n) is 3.75. The molecule has 150 valence electrons. The highest BCUT2D eigenvalue weighted by atomic mass is 19.3. The standard InChI is InChI=1S/C20H12F4O5/c21-19(22)27-13-7-5-11(17(10-13)29-20(23)24)6-8-15(25)14-9-12-3-1-2-4-16(12)28-18(14)26/h1-10,19-20H/b8-6+. The van der Waals surface area contributed by atoms with Crippen LogP contribution in [0.2, 0.25) is 0 Å². The fourth-order valence-corrected chi connectivity index (χ4v) is 2.52. The van der Waals surface area contributed by atoms with Gasteiger partial charge in [0.05, 0.1) is 0 Å². The maximum absolute atomic E-state index is 12.6. The fraction of sp³-hybridized carbons (Fsp3) is 0.100. The maximum Gasteiger partial charge on any atom is 0.387 e. The van der Waals surface area contributed by atoms with Crippen LogP contribution < -0.4 is 15.1 Å². The highest BCUT2D eigenvalue weighted by Gasteiger charge is 2.14. The van der Waals surface area contributed by atoms with Crippen molar-refractivity contribution in [1.82, 2.24) is 0 Å². The number of benzene rings is 2. The summed E-state index contributed by atoms with van der Waals surface area (Å²) in [4.78, 5) is 24.4. The first-order valence-corrected chi connectivity index (χ1v) is 8.12. The number of carbonyl (C=O) groups excluding carboxylic acids is 1. The number of hydrogen-bond acceptors (Lipinski definition) is 5. The van der Waals surface area contributed by atoms with E-state index in [1.807, 2.05) is 0 Å². The molecule has 0 saturated carbocycles. The lowest BCUT2D eigenvalue weighted by molar-refractivity contribution is -0.0543. The summed E-state index contributed by atoms with van der Waals surface area (Å²) in [6.07, 6.45) is 2.07. The molecule has 1 aromatic heterocycles. The minimum atomic E-state index is -3.23. The molecule has 0 unspecified atom stereocenters. The molecule has 5 nitrogen and oxygen atoms in total. The largest absolute Gasteiger partial charge is 0.435 e. The zero-order valence-electron chi connectivity index (χ0n) is 14.5. The van der Waals surface area contributed by atoms with Crippen molar-refractivity contribution >= 4 is 22.8 Å². The number of hydrogen-bond donors (Lipinski definition) is 0. The Balaban J connectivity index is 1.91. The molecule has 29 heavy (non-hydrogen) atoms. The van der Waals surface area contributed by atoms with Crippen LogP contribution in [-0.2, 0) is 0 Å². The number of ether oxygens (including phenoxy) is 2. The topological polar surface area (TPSA) is 65.7 Å². The number of fused-ring (bicyclic) bond motifs is 1. The lowest BCUT2D eigenvalue weighted by Gasteiger charge is -2.11. The monoisotopic (exact) mass is 408 g/mol. The van der Waals surface area contributed by atoms with Crippen LogP contribution in [0.25, 0.3) is 17.0 Å². The number of rotatable bonds is 7. The van der Waals surface area contributed by atoms with Crippen LogP contribution in [0.5, 0.6) is 11.5 Å². The Hall–Kier alpha value is -3.62. The molecule has 0 aliphatic carbocycles. The van der Waals surface area contributed by atoms with Crippen LogP contribution in [0.3, 0.4) is 0 Å². The second kappa shape index (κ2) is 8.59. The van der Waals surface area contributed by atoms with Gasteiger partial charge in [-0.15, -0.1) is 0 Å². The molecule has 0 N–H and O–H groups in total. The predicted molar refractivity (Wildman–Crippen MR) is 95.6 cm³/mol. The van der Waals surface area contributed by atoms with Crippen molar-refractivity contribution in [2.45, 2.75) is 13.2 Å². The van der Waals surface area contributed by atoms with Gasteiger partial charge in [0.25, 0.3) is 0 Å². The van der Waals surface area contributed by atoms with Crippen LogP contribution in [0.15, 0.2) is 63.8 Å². The van der Waals surface area contributed by atoms with E-state index in [1.54, 1.807) is 24.3 Å². The Morgan fingerprint density at radius 2 is 1.69 bits per heavy atom. The fourth-order valence-electron chi connectivity index (χ4n) is 2.52. The van der Waals surface area contributed by atoms with Crippen LogP contribution >= 0.6 is 0 Å². The summed E-state index contributed by atoms with van der Waals surface area (Å²) < 4.78 is 63.3. The van der Waals surface area contributed by atoms with Gasteiger partial charge in [-0.25, -0.2) is 4.79 Å². The molecule has 3 rings (SSSR count). The number of alkyl halides is 4. The summed E-state index contributed by atoms with van der Waals surface area (Å²) in [5, 5.41) is 0.527. The molecule has 0 amide bonds. The quantitative estimate of drug-likeness (QED) is 0.241. The van der Waals surface area contributed by atoms with Crippen molar-refractivity contribution in [3.05, 3.63) is 76.2 Å². The minimum absolute atomic E-state index is 0.00885. The van der Waals surface area contributed by atoms with Gasteiger partial charge in [0.2, 0.25) is 0 Å². The van der Waals surface area contributed by atoms with Crippen LogP contribution in [0.1, 0.15) is 15.9 Å². The van der Waals surface area contributed by atoms with Crippen LogP contribution in [0, 0.1) is 0 Å². The molecule has 0 aliphatic rings. The van der Waals surface area contributed by atoms with Crippen molar-refractivity contribution < 1.29 is 36.2 Å². The van der Waals surface area contributed by atoms with Gasteiger partial charge in [0, 0.05) is 17.0 Å². The molecule has 0 fully saturated rings. The second-order valence-corrected chi connectivity index (χ2v) is 5.64. The van der Waals surface area contributed by atoms with E-state index < -0.39 is 36.1 Å². The third-order valence-corrected chi connectivity index (χ3v) is 3.75. The average molecular weight is 408 g/mol. The molecular weight excluding hydrogens is 396 g/mol. The molecule has 1 heterocycles. The van der Waals surface area contributed by atoms with E-state index in [0.717, 1.165) is 30.4 Å². The molecule has 0 radical (unpaired) electrons. The molecule has 0 atom stereocenters. The predicted octanol–water partition coefficient (Wildman–Crippen LogP) is 4.89. The highest BCUT2D eigenvalue weighted by Crippen LogP contribution is 2.28. The van der Waals surface area contributed by atoms with Gasteiger partial charge in [-0.3, -0.25) is 4.79 Å². The maximum atomic E-state index is 12.6. The lowest BCUT2D eigenvalue weighted by atomic mass is 10.1. The second-order valence-electron chi connectivity index (χ2n) is 5.64. The van der Waals surface area contributed by atoms with Gasteiger partial charge in [-0.2, -0.15) is 17.6 Å². The Labute approximate surface area is 160 Å². The Bertz CT molecular complexity index is 1120. The highest BCUT2D eigenvalue weighted by molar-refractivity contribution is 6.07. The van der Waals surface area contributed by atoms with Crippen LogP contribution in [0.4, 0.5) is 17.6 Å². The van der Waals surface area contributed by atoms with Crippen molar-refractivity contribution in [2.75, 3.05) is 0 Å². The molecule has 2 aromatic carbocycles. The molecular formula is C20H12F4O5. The molecule has 3 aromatic rings. The number of ketones is 1. The first-order chi connectivity index (χ1) is 13.8. The summed E-state index contributed by atoms with van der Waals surface area (Å²) in [5.74, 6) is -1.61. The zero-order valence-corrected chi connectivity index (χ0v) is 14.5. The number of para-hydroxylation sites is 1. The van der Waals surface area contributed by atoms with Gasteiger partial charge in [0.1, 0.15) is 22.6 Å². The molecule has 0 spiro atoms. The average Bonchev–Trinajstić information content (AvgIpc) is 2.65.